The molecular formula is C13H8ClF4N3O2S. The topological polar surface area (TPSA) is 75.1 Å². The highest BCUT2D eigenvalue weighted by Gasteiger charge is 2.37. The van der Waals surface area contributed by atoms with Gasteiger partial charge >= 0.3 is 12.1 Å². The van der Waals surface area contributed by atoms with Crippen LogP contribution < -0.4 is 4.72 Å². The van der Waals surface area contributed by atoms with E-state index in [9.17, 15) is 22.4 Å². The molecule has 0 fully saturated rings. The summed E-state index contributed by atoms with van der Waals surface area (Å²) in [7, 11) is 0. The van der Waals surface area contributed by atoms with Gasteiger partial charge in [0.25, 0.3) is 0 Å². The molecule has 2 rings (SSSR count). The Morgan fingerprint density at radius 2 is 2.08 bits per heavy atom. The van der Waals surface area contributed by atoms with E-state index in [1.165, 1.54) is 12.1 Å². The van der Waals surface area contributed by atoms with E-state index >= 15 is 0 Å². The fourth-order valence-electron chi connectivity index (χ4n) is 1.60. The Labute approximate surface area is 142 Å². The number of carbonyl (C=O) groups is 1. The number of aromatic nitrogens is 2. The van der Waals surface area contributed by atoms with Crippen molar-refractivity contribution in [1.29, 1.82) is 0 Å². The van der Waals surface area contributed by atoms with Crippen LogP contribution >= 0.6 is 23.5 Å². The minimum atomic E-state index is -4.85. The van der Waals surface area contributed by atoms with Crippen molar-refractivity contribution in [2.75, 3.05) is 0 Å². The summed E-state index contributed by atoms with van der Waals surface area (Å²) >= 11 is 6.51. The first-order valence-corrected chi connectivity index (χ1v) is 7.39. The third-order valence-corrected chi connectivity index (χ3v) is 3.72. The molecule has 0 unspecified atom stereocenters. The lowest BCUT2D eigenvalue weighted by Crippen LogP contribution is -2.19. The molecule has 1 aromatic carbocycles. The van der Waals surface area contributed by atoms with Crippen molar-refractivity contribution in [3.05, 3.63) is 52.3 Å². The lowest BCUT2D eigenvalue weighted by atomic mass is 10.2. The number of halogens is 5. The maximum absolute atomic E-state index is 13.0. The van der Waals surface area contributed by atoms with Gasteiger partial charge in [-0.25, -0.2) is 14.2 Å². The van der Waals surface area contributed by atoms with Gasteiger partial charge in [-0.05, 0) is 30.1 Å². The molecule has 11 heteroatoms. The molecule has 128 valence electrons. The van der Waals surface area contributed by atoms with Gasteiger partial charge in [-0.3, -0.25) is 9.71 Å². The largest absolute Gasteiger partial charge is 0.476 e. The average Bonchev–Trinajstić information content (AvgIpc) is 2.50. The van der Waals surface area contributed by atoms with Crippen LogP contribution in [0.5, 0.6) is 0 Å². The van der Waals surface area contributed by atoms with E-state index in [4.69, 9.17) is 16.7 Å². The molecule has 0 radical (unpaired) electrons. The molecule has 0 saturated carbocycles. The molecule has 5 nitrogen and oxygen atoms in total. The Kier molecular flexibility index (Phi) is 5.62. The van der Waals surface area contributed by atoms with E-state index in [1.807, 2.05) is 0 Å². The van der Waals surface area contributed by atoms with E-state index in [0.717, 1.165) is 24.2 Å². The number of hydrogen-bond donors (Lipinski definition) is 2. The van der Waals surface area contributed by atoms with Gasteiger partial charge in [-0.1, -0.05) is 11.6 Å². The molecule has 0 aliphatic carbocycles. The molecule has 0 spiro atoms. The van der Waals surface area contributed by atoms with Gasteiger partial charge in [0.15, 0.2) is 11.4 Å². The zero-order chi connectivity index (χ0) is 17.9. The van der Waals surface area contributed by atoms with Gasteiger partial charge in [-0.15, -0.1) is 0 Å². The van der Waals surface area contributed by atoms with E-state index < -0.39 is 35.0 Å². The SMILES string of the molecule is O=C(O)c1cnc(CNSc2ccc(F)c(Cl)c2)c(C(F)(F)F)n1. The standard InChI is InChI=1S/C13H8ClF4N3O2S/c14-7-3-6(1-2-8(7)15)24-20-5-9-11(13(16,17)18)21-10(4-19-9)12(22)23/h1-4,20H,5H2,(H,22,23). The van der Waals surface area contributed by atoms with Crippen molar-refractivity contribution < 1.29 is 27.5 Å². The lowest BCUT2D eigenvalue weighted by Gasteiger charge is -2.12. The van der Waals surface area contributed by atoms with Gasteiger partial charge in [0.1, 0.15) is 5.82 Å². The summed E-state index contributed by atoms with van der Waals surface area (Å²) in [5, 5.41) is 8.58. The van der Waals surface area contributed by atoms with Crippen molar-refractivity contribution in [1.82, 2.24) is 14.7 Å². The number of carboxylic acid groups (broad SMARTS) is 1. The molecule has 0 amide bonds. The minimum Gasteiger partial charge on any atom is -0.476 e. The van der Waals surface area contributed by atoms with Crippen LogP contribution in [0.25, 0.3) is 0 Å². The number of hydrogen-bond acceptors (Lipinski definition) is 5. The second-order valence-corrected chi connectivity index (χ2v) is 5.72. The Balaban J connectivity index is 2.14. The molecular weight excluding hydrogens is 374 g/mol. The molecule has 2 aromatic rings. The normalized spacial score (nSPS) is 11.5. The molecule has 24 heavy (non-hydrogen) atoms. The molecule has 0 aliphatic heterocycles. The maximum atomic E-state index is 13.0. The Hall–Kier alpha value is -1.91. The summed E-state index contributed by atoms with van der Waals surface area (Å²) in [4.78, 5) is 17.8. The second kappa shape index (κ2) is 7.32. The molecule has 0 bridgehead atoms. The van der Waals surface area contributed by atoms with Crippen LogP contribution in [0.1, 0.15) is 21.9 Å². The van der Waals surface area contributed by atoms with E-state index in [0.29, 0.717) is 4.90 Å². The molecule has 0 saturated heterocycles. The van der Waals surface area contributed by atoms with Gasteiger partial charge in [0.05, 0.1) is 23.5 Å². The fraction of sp³-hybridized carbons (Fsp3) is 0.154. The first kappa shape index (κ1) is 18.4. The van der Waals surface area contributed by atoms with Crippen LogP contribution in [0.4, 0.5) is 17.6 Å². The highest BCUT2D eigenvalue weighted by atomic mass is 35.5. The first-order chi connectivity index (χ1) is 11.2. The Morgan fingerprint density at radius 3 is 2.67 bits per heavy atom. The van der Waals surface area contributed by atoms with Crippen LogP contribution in [0.15, 0.2) is 29.3 Å². The summed E-state index contributed by atoms with van der Waals surface area (Å²) in [6.07, 6.45) is -4.10. The fourth-order valence-corrected chi connectivity index (χ4v) is 2.54. The number of carboxylic acids is 1. The smallest absolute Gasteiger partial charge is 0.435 e. The highest BCUT2D eigenvalue weighted by molar-refractivity contribution is 7.97. The molecule has 1 aromatic heterocycles. The van der Waals surface area contributed by atoms with E-state index in [2.05, 4.69) is 14.7 Å². The third-order valence-electron chi connectivity index (χ3n) is 2.66. The summed E-state index contributed by atoms with van der Waals surface area (Å²) < 4.78 is 54.5. The molecule has 1 heterocycles. The number of rotatable bonds is 5. The molecule has 0 aliphatic rings. The van der Waals surface area contributed by atoms with Gasteiger partial charge < -0.3 is 5.11 Å². The first-order valence-electron chi connectivity index (χ1n) is 6.19. The van der Waals surface area contributed by atoms with Crippen LogP contribution in [-0.2, 0) is 12.7 Å². The van der Waals surface area contributed by atoms with Crippen molar-refractivity contribution in [3.63, 3.8) is 0 Å². The van der Waals surface area contributed by atoms with Crippen molar-refractivity contribution in [2.45, 2.75) is 17.6 Å². The summed E-state index contributed by atoms with van der Waals surface area (Å²) in [5.74, 6) is -2.22. The number of benzene rings is 1. The van der Waals surface area contributed by atoms with E-state index in [1.54, 1.807) is 0 Å². The van der Waals surface area contributed by atoms with Crippen molar-refractivity contribution in [2.24, 2.45) is 0 Å². The maximum Gasteiger partial charge on any atom is 0.435 e. The van der Waals surface area contributed by atoms with Gasteiger partial charge in [-0.2, -0.15) is 13.2 Å². The van der Waals surface area contributed by atoms with Crippen LogP contribution in [0, 0.1) is 5.82 Å². The zero-order valence-electron chi connectivity index (χ0n) is 11.6. The Morgan fingerprint density at radius 1 is 1.38 bits per heavy atom. The van der Waals surface area contributed by atoms with E-state index in [-0.39, 0.29) is 11.6 Å². The molecule has 2 N–H and O–H groups in total. The molecule has 0 atom stereocenters. The van der Waals surface area contributed by atoms with Gasteiger partial charge in [0, 0.05) is 4.90 Å². The Bertz CT molecular complexity index is 773. The number of aromatic carboxylic acids is 1. The average molecular weight is 382 g/mol. The monoisotopic (exact) mass is 381 g/mol. The van der Waals surface area contributed by atoms with Crippen molar-refractivity contribution >= 4 is 29.5 Å². The van der Waals surface area contributed by atoms with Crippen molar-refractivity contribution in [3.8, 4) is 0 Å². The summed E-state index contributed by atoms with van der Waals surface area (Å²) in [5.41, 5.74) is -2.65. The van der Waals surface area contributed by atoms with Crippen LogP contribution in [0.2, 0.25) is 5.02 Å². The summed E-state index contributed by atoms with van der Waals surface area (Å²) in [6.45, 7) is -0.346. The number of alkyl halides is 3. The zero-order valence-corrected chi connectivity index (χ0v) is 13.1. The third kappa shape index (κ3) is 4.56. The predicted octanol–water partition coefficient (Wildman–Crippen LogP) is 3.78. The van der Waals surface area contributed by atoms with Crippen LogP contribution in [0.3, 0.4) is 0 Å². The second-order valence-electron chi connectivity index (χ2n) is 4.35. The van der Waals surface area contributed by atoms with Gasteiger partial charge in [0.2, 0.25) is 0 Å². The van der Waals surface area contributed by atoms with Crippen LogP contribution in [-0.4, -0.2) is 21.0 Å². The number of nitrogens with one attached hydrogen (secondary N) is 1. The quantitative estimate of drug-likeness (QED) is 0.606. The minimum absolute atomic E-state index is 0.122. The lowest BCUT2D eigenvalue weighted by molar-refractivity contribution is -0.142. The number of nitrogens with zero attached hydrogens (tertiary/aromatic N) is 2. The predicted molar refractivity (Wildman–Crippen MR) is 78.1 cm³/mol. The highest BCUT2D eigenvalue weighted by Crippen LogP contribution is 2.30. The summed E-state index contributed by atoms with van der Waals surface area (Å²) in [6, 6.07) is 3.82.